The van der Waals surface area contributed by atoms with Gasteiger partial charge in [0.1, 0.15) is 0 Å². The maximum atomic E-state index is 4.73. The summed E-state index contributed by atoms with van der Waals surface area (Å²) in [6.45, 7) is 11.1. The Hall–Kier alpha value is -1.03. The highest BCUT2D eigenvalue weighted by molar-refractivity contribution is 5.34. The van der Waals surface area contributed by atoms with E-state index in [2.05, 4.69) is 41.8 Å². The van der Waals surface area contributed by atoms with Crippen LogP contribution in [-0.4, -0.2) is 36.2 Å². The zero-order chi connectivity index (χ0) is 13.8. The van der Waals surface area contributed by atoms with E-state index in [0.717, 1.165) is 37.8 Å². The Morgan fingerprint density at radius 3 is 2.63 bits per heavy atom. The Kier molecular flexibility index (Phi) is 4.86. The molecule has 0 radical (unpaired) electrons. The number of hydrogen-bond donors (Lipinski definition) is 1. The van der Waals surface area contributed by atoms with Crippen molar-refractivity contribution in [3.8, 4) is 0 Å². The summed E-state index contributed by atoms with van der Waals surface area (Å²) in [4.78, 5) is 7.19. The van der Waals surface area contributed by atoms with Crippen LogP contribution in [0.25, 0.3) is 0 Å². The van der Waals surface area contributed by atoms with Crippen molar-refractivity contribution in [2.45, 2.75) is 40.2 Å². The molecule has 0 bridgehead atoms. The summed E-state index contributed by atoms with van der Waals surface area (Å²) in [6, 6.07) is 0. The van der Waals surface area contributed by atoms with Crippen LogP contribution in [-0.2, 0) is 6.54 Å². The third-order valence-corrected chi connectivity index (χ3v) is 3.83. The van der Waals surface area contributed by atoms with E-state index < -0.39 is 0 Å². The molecule has 0 atom stereocenters. The Bertz CT molecular complexity index is 389. The number of anilines is 1. The number of nitrogens with zero attached hydrogens (tertiary/aromatic N) is 3. The first kappa shape index (κ1) is 14.4. The first-order chi connectivity index (χ1) is 9.10. The lowest BCUT2D eigenvalue weighted by molar-refractivity contribution is 0.386. The van der Waals surface area contributed by atoms with Crippen LogP contribution < -0.4 is 10.2 Å². The number of aromatic nitrogens is 2. The van der Waals surface area contributed by atoms with E-state index in [1.807, 2.05) is 7.05 Å². The molecule has 108 valence electrons. The van der Waals surface area contributed by atoms with E-state index in [1.54, 1.807) is 0 Å². The Morgan fingerprint density at radius 1 is 1.37 bits per heavy atom. The number of nitrogens with one attached hydrogen (secondary N) is 1. The highest BCUT2D eigenvalue weighted by Crippen LogP contribution is 2.23. The van der Waals surface area contributed by atoms with Gasteiger partial charge in [-0.1, -0.05) is 13.8 Å². The largest absolute Gasteiger partial charge is 0.342 e. The van der Waals surface area contributed by atoms with Crippen molar-refractivity contribution >= 4 is 5.95 Å². The van der Waals surface area contributed by atoms with E-state index in [-0.39, 0.29) is 0 Å². The molecule has 4 heteroatoms. The Balaban J connectivity index is 2.02. The normalized spacial score (nSPS) is 17.4. The Labute approximate surface area is 117 Å². The van der Waals surface area contributed by atoms with Gasteiger partial charge < -0.3 is 14.8 Å². The number of rotatable bonds is 5. The second kappa shape index (κ2) is 6.42. The van der Waals surface area contributed by atoms with Gasteiger partial charge in [-0.05, 0) is 45.2 Å². The molecule has 1 aromatic heterocycles. The van der Waals surface area contributed by atoms with Gasteiger partial charge in [-0.15, -0.1) is 0 Å². The maximum Gasteiger partial charge on any atom is 0.205 e. The van der Waals surface area contributed by atoms with Crippen LogP contribution in [0.5, 0.6) is 0 Å². The first-order valence-electron chi connectivity index (χ1n) is 7.53. The molecule has 1 aromatic rings. The van der Waals surface area contributed by atoms with Crippen LogP contribution >= 0.6 is 0 Å². The summed E-state index contributed by atoms with van der Waals surface area (Å²) in [6.07, 6.45) is 4.73. The van der Waals surface area contributed by atoms with Crippen LogP contribution in [0.3, 0.4) is 0 Å². The highest BCUT2D eigenvalue weighted by atomic mass is 15.3. The van der Waals surface area contributed by atoms with Gasteiger partial charge in [0.25, 0.3) is 0 Å². The van der Waals surface area contributed by atoms with E-state index in [9.17, 15) is 0 Å². The topological polar surface area (TPSA) is 33.1 Å². The molecule has 0 spiro atoms. The van der Waals surface area contributed by atoms with Gasteiger partial charge in [0.2, 0.25) is 5.95 Å². The third kappa shape index (κ3) is 3.72. The molecule has 2 rings (SSSR count). The predicted octanol–water partition coefficient (Wildman–Crippen LogP) is 2.28. The van der Waals surface area contributed by atoms with Gasteiger partial charge in [0.05, 0.1) is 5.69 Å². The van der Waals surface area contributed by atoms with Crippen molar-refractivity contribution in [3.05, 3.63) is 11.9 Å². The number of imidazole rings is 1. The summed E-state index contributed by atoms with van der Waals surface area (Å²) >= 11 is 0. The number of piperidine rings is 1. The van der Waals surface area contributed by atoms with Gasteiger partial charge in [-0.25, -0.2) is 4.98 Å². The van der Waals surface area contributed by atoms with Gasteiger partial charge in [0.15, 0.2) is 0 Å². The molecular formula is C15H28N4. The van der Waals surface area contributed by atoms with E-state index in [4.69, 9.17) is 4.98 Å². The smallest absolute Gasteiger partial charge is 0.205 e. The van der Waals surface area contributed by atoms with Gasteiger partial charge >= 0.3 is 0 Å². The van der Waals surface area contributed by atoms with Gasteiger partial charge in [0, 0.05) is 25.8 Å². The van der Waals surface area contributed by atoms with Gasteiger partial charge in [-0.3, -0.25) is 0 Å². The molecule has 1 aliphatic heterocycles. The van der Waals surface area contributed by atoms with Crippen molar-refractivity contribution in [1.82, 2.24) is 14.9 Å². The van der Waals surface area contributed by atoms with Crippen molar-refractivity contribution in [3.63, 3.8) is 0 Å². The highest BCUT2D eigenvalue weighted by Gasteiger charge is 2.22. The fourth-order valence-corrected chi connectivity index (χ4v) is 2.94. The lowest BCUT2D eigenvalue weighted by atomic mass is 9.97. The third-order valence-electron chi connectivity index (χ3n) is 3.83. The second-order valence-corrected chi connectivity index (χ2v) is 6.22. The zero-order valence-corrected chi connectivity index (χ0v) is 12.8. The minimum atomic E-state index is 0.661. The van der Waals surface area contributed by atoms with E-state index in [1.165, 1.54) is 18.8 Å². The van der Waals surface area contributed by atoms with Crippen molar-refractivity contribution in [2.75, 3.05) is 31.6 Å². The molecule has 0 aromatic carbocycles. The maximum absolute atomic E-state index is 4.73. The lowest BCUT2D eigenvalue weighted by Crippen LogP contribution is -2.38. The standard InChI is InChI=1S/C15H28N4/c1-12(2)10-19-11-13(3)17-15(19)18-7-5-14(6-8-18)9-16-4/h11-12,14,16H,5-10H2,1-4H3. The van der Waals surface area contributed by atoms with Crippen LogP contribution in [0.2, 0.25) is 0 Å². The monoisotopic (exact) mass is 264 g/mol. The van der Waals surface area contributed by atoms with Crippen LogP contribution in [0, 0.1) is 18.8 Å². The Morgan fingerprint density at radius 2 is 2.05 bits per heavy atom. The molecule has 1 saturated heterocycles. The van der Waals surface area contributed by atoms with Crippen molar-refractivity contribution in [1.29, 1.82) is 0 Å². The first-order valence-corrected chi connectivity index (χ1v) is 7.53. The average Bonchev–Trinajstić information content (AvgIpc) is 2.71. The van der Waals surface area contributed by atoms with Crippen molar-refractivity contribution < 1.29 is 0 Å². The molecule has 0 saturated carbocycles. The molecule has 1 aliphatic rings. The summed E-state index contributed by atoms with van der Waals surface area (Å²) in [7, 11) is 2.05. The molecule has 1 fully saturated rings. The SMILES string of the molecule is CNCC1CCN(c2nc(C)cn2CC(C)C)CC1. The molecule has 19 heavy (non-hydrogen) atoms. The summed E-state index contributed by atoms with van der Waals surface area (Å²) in [5, 5.41) is 3.29. The lowest BCUT2D eigenvalue weighted by Gasteiger charge is -2.33. The summed E-state index contributed by atoms with van der Waals surface area (Å²) in [5.74, 6) is 2.67. The minimum Gasteiger partial charge on any atom is -0.342 e. The zero-order valence-electron chi connectivity index (χ0n) is 12.8. The average molecular weight is 264 g/mol. The van der Waals surface area contributed by atoms with E-state index in [0.29, 0.717) is 5.92 Å². The van der Waals surface area contributed by atoms with Crippen LogP contribution in [0.15, 0.2) is 6.20 Å². The second-order valence-electron chi connectivity index (χ2n) is 6.22. The molecule has 0 aliphatic carbocycles. The number of aryl methyl sites for hydroxylation is 1. The molecule has 4 nitrogen and oxygen atoms in total. The molecule has 0 amide bonds. The summed E-state index contributed by atoms with van der Waals surface area (Å²) in [5.41, 5.74) is 1.13. The fourth-order valence-electron chi connectivity index (χ4n) is 2.94. The summed E-state index contributed by atoms with van der Waals surface area (Å²) < 4.78 is 2.33. The van der Waals surface area contributed by atoms with Crippen LogP contribution in [0.1, 0.15) is 32.4 Å². The van der Waals surface area contributed by atoms with Gasteiger partial charge in [-0.2, -0.15) is 0 Å². The molecule has 1 N–H and O–H groups in total. The van der Waals surface area contributed by atoms with E-state index >= 15 is 0 Å². The predicted molar refractivity (Wildman–Crippen MR) is 80.7 cm³/mol. The number of hydrogen-bond acceptors (Lipinski definition) is 3. The fraction of sp³-hybridized carbons (Fsp3) is 0.800. The quantitative estimate of drug-likeness (QED) is 0.886. The minimum absolute atomic E-state index is 0.661. The van der Waals surface area contributed by atoms with Crippen molar-refractivity contribution in [2.24, 2.45) is 11.8 Å². The molecule has 0 unspecified atom stereocenters. The molecule has 2 heterocycles. The molecular weight excluding hydrogens is 236 g/mol. The van der Waals surface area contributed by atoms with Crippen LogP contribution in [0.4, 0.5) is 5.95 Å².